The van der Waals surface area contributed by atoms with Crippen LogP contribution in [0.5, 0.6) is 0 Å². The zero-order valence-electron chi connectivity index (χ0n) is 14.2. The lowest BCUT2D eigenvalue weighted by atomic mass is 9.85. The molecule has 0 saturated carbocycles. The summed E-state index contributed by atoms with van der Waals surface area (Å²) >= 11 is 0. The standard InChI is InChI=1S/C19H22O6/c1-11-5-4-6-14(10-21)8-16-17(13(3)19(23)25-16)15(7-11)24-18(22)12(2)9-20/h5,8,10,15-17,20H,2-4,6-7,9H2,1H3. The Labute approximate surface area is 146 Å². The topological polar surface area (TPSA) is 89.9 Å². The molecule has 134 valence electrons. The molecule has 3 unspecified atom stereocenters. The Morgan fingerprint density at radius 1 is 1.52 bits per heavy atom. The van der Waals surface area contributed by atoms with Crippen molar-refractivity contribution in [1.29, 1.82) is 0 Å². The van der Waals surface area contributed by atoms with E-state index in [1.165, 1.54) is 0 Å². The van der Waals surface area contributed by atoms with Crippen LogP contribution in [0.2, 0.25) is 0 Å². The van der Waals surface area contributed by atoms with E-state index in [1.807, 2.05) is 13.0 Å². The lowest BCUT2D eigenvalue weighted by Gasteiger charge is -2.27. The highest BCUT2D eigenvalue weighted by molar-refractivity contribution is 5.92. The van der Waals surface area contributed by atoms with Gasteiger partial charge >= 0.3 is 11.9 Å². The molecule has 6 heteroatoms. The van der Waals surface area contributed by atoms with Crippen LogP contribution in [-0.4, -0.2) is 42.1 Å². The van der Waals surface area contributed by atoms with E-state index in [0.717, 1.165) is 11.9 Å². The minimum Gasteiger partial charge on any atom is -0.458 e. The lowest BCUT2D eigenvalue weighted by molar-refractivity contribution is -0.147. The second-order valence-corrected chi connectivity index (χ2v) is 6.28. The summed E-state index contributed by atoms with van der Waals surface area (Å²) in [5, 5.41) is 9.06. The third kappa shape index (κ3) is 4.33. The van der Waals surface area contributed by atoms with Crippen molar-refractivity contribution in [2.45, 2.75) is 38.4 Å². The van der Waals surface area contributed by atoms with Crippen molar-refractivity contribution >= 4 is 18.2 Å². The number of fused-ring (bicyclic) bond motifs is 1. The van der Waals surface area contributed by atoms with E-state index in [9.17, 15) is 14.4 Å². The average molecular weight is 346 g/mol. The molecule has 25 heavy (non-hydrogen) atoms. The van der Waals surface area contributed by atoms with E-state index in [-0.39, 0.29) is 11.1 Å². The summed E-state index contributed by atoms with van der Waals surface area (Å²) in [6, 6.07) is 0. The summed E-state index contributed by atoms with van der Waals surface area (Å²) in [7, 11) is 0. The van der Waals surface area contributed by atoms with Gasteiger partial charge in [-0.05, 0) is 31.4 Å². The van der Waals surface area contributed by atoms with E-state index in [1.54, 1.807) is 6.08 Å². The number of allylic oxidation sites excluding steroid dienone is 2. The largest absolute Gasteiger partial charge is 0.458 e. The quantitative estimate of drug-likeness (QED) is 0.361. The molecule has 1 fully saturated rings. The van der Waals surface area contributed by atoms with Crippen molar-refractivity contribution in [1.82, 2.24) is 0 Å². The van der Waals surface area contributed by atoms with Gasteiger partial charge in [0.1, 0.15) is 18.5 Å². The molecule has 2 rings (SSSR count). The Morgan fingerprint density at radius 2 is 2.24 bits per heavy atom. The molecule has 0 aromatic rings. The van der Waals surface area contributed by atoms with Crippen LogP contribution in [0.3, 0.4) is 0 Å². The number of carbonyl (C=O) groups is 3. The monoisotopic (exact) mass is 346 g/mol. The highest BCUT2D eigenvalue weighted by Crippen LogP contribution is 2.36. The van der Waals surface area contributed by atoms with Crippen LogP contribution < -0.4 is 0 Å². The van der Waals surface area contributed by atoms with Gasteiger partial charge in [-0.2, -0.15) is 0 Å². The molecule has 1 N–H and O–H groups in total. The zero-order valence-corrected chi connectivity index (χ0v) is 14.2. The molecule has 3 atom stereocenters. The molecule has 0 amide bonds. The fourth-order valence-electron chi connectivity index (χ4n) is 2.99. The van der Waals surface area contributed by atoms with Crippen molar-refractivity contribution in [3.63, 3.8) is 0 Å². The van der Waals surface area contributed by atoms with Gasteiger partial charge in [0, 0.05) is 12.0 Å². The third-order valence-corrected chi connectivity index (χ3v) is 4.38. The first-order chi connectivity index (χ1) is 11.9. The molecule has 0 aromatic heterocycles. The molecule has 1 saturated heterocycles. The van der Waals surface area contributed by atoms with E-state index in [0.29, 0.717) is 24.8 Å². The van der Waals surface area contributed by atoms with Crippen LogP contribution in [0, 0.1) is 5.92 Å². The highest BCUT2D eigenvalue weighted by atomic mass is 16.6. The first-order valence-corrected chi connectivity index (χ1v) is 8.08. The van der Waals surface area contributed by atoms with Crippen LogP contribution >= 0.6 is 0 Å². The number of ether oxygens (including phenoxy) is 2. The summed E-state index contributed by atoms with van der Waals surface area (Å²) in [5.74, 6) is -1.90. The van der Waals surface area contributed by atoms with Crippen LogP contribution in [0.4, 0.5) is 0 Å². The Morgan fingerprint density at radius 3 is 2.88 bits per heavy atom. The van der Waals surface area contributed by atoms with Gasteiger partial charge < -0.3 is 14.6 Å². The van der Waals surface area contributed by atoms with Gasteiger partial charge in [-0.25, -0.2) is 9.59 Å². The maximum absolute atomic E-state index is 12.1. The fourth-order valence-corrected chi connectivity index (χ4v) is 2.99. The second kappa shape index (κ2) is 8.07. The molecule has 1 heterocycles. The molecule has 1 aliphatic heterocycles. The molecule has 0 aromatic carbocycles. The van der Waals surface area contributed by atoms with Crippen molar-refractivity contribution in [2.24, 2.45) is 5.92 Å². The van der Waals surface area contributed by atoms with Crippen LogP contribution in [0.15, 0.2) is 47.6 Å². The molecule has 2 aliphatic rings. The Kier molecular flexibility index (Phi) is 6.09. The van der Waals surface area contributed by atoms with Gasteiger partial charge in [0.15, 0.2) is 0 Å². The summed E-state index contributed by atoms with van der Waals surface area (Å²) in [6.45, 7) is 8.61. The van der Waals surface area contributed by atoms with Gasteiger partial charge in [0.25, 0.3) is 0 Å². The number of esters is 2. The molecule has 1 aliphatic carbocycles. The molecular weight excluding hydrogens is 324 g/mol. The van der Waals surface area contributed by atoms with Crippen molar-refractivity contribution in [2.75, 3.05) is 6.61 Å². The molecule has 0 radical (unpaired) electrons. The van der Waals surface area contributed by atoms with Gasteiger partial charge in [-0.3, -0.25) is 4.79 Å². The molecule has 6 nitrogen and oxygen atoms in total. The number of aldehydes is 1. The van der Waals surface area contributed by atoms with Gasteiger partial charge in [-0.15, -0.1) is 0 Å². The number of aliphatic hydroxyl groups is 1. The fraction of sp³-hybridized carbons (Fsp3) is 0.421. The molecule has 0 bridgehead atoms. The maximum Gasteiger partial charge on any atom is 0.336 e. The number of hydrogen-bond donors (Lipinski definition) is 1. The van der Waals surface area contributed by atoms with E-state index in [4.69, 9.17) is 14.6 Å². The van der Waals surface area contributed by atoms with Crippen molar-refractivity contribution < 1.29 is 29.0 Å². The maximum atomic E-state index is 12.1. The minimum absolute atomic E-state index is 0.0738. The molecule has 0 spiro atoms. The average Bonchev–Trinajstić information content (AvgIpc) is 2.86. The summed E-state index contributed by atoms with van der Waals surface area (Å²) in [6.07, 6.45) is 4.48. The summed E-state index contributed by atoms with van der Waals surface area (Å²) in [5.41, 5.74) is 1.61. The Balaban J connectivity index is 2.40. The van der Waals surface area contributed by atoms with Crippen LogP contribution in [0.1, 0.15) is 26.2 Å². The van der Waals surface area contributed by atoms with Gasteiger partial charge in [-0.1, -0.05) is 24.8 Å². The highest BCUT2D eigenvalue weighted by Gasteiger charge is 2.44. The number of carbonyl (C=O) groups excluding carboxylic acids is 3. The Hall–Kier alpha value is -2.47. The van der Waals surface area contributed by atoms with E-state index >= 15 is 0 Å². The normalized spacial score (nSPS) is 26.7. The smallest absolute Gasteiger partial charge is 0.336 e. The Bertz CT molecular complexity index is 669. The SMILES string of the molecule is C=C(CO)C(=O)OC1CC(C)=CCCC(C=O)=CC2OC(=O)C(=C)C21. The third-order valence-electron chi connectivity index (χ3n) is 4.38. The number of aliphatic hydroxyl groups excluding tert-OH is 1. The van der Waals surface area contributed by atoms with Gasteiger partial charge in [0.05, 0.1) is 18.1 Å². The van der Waals surface area contributed by atoms with Crippen molar-refractivity contribution in [3.8, 4) is 0 Å². The van der Waals surface area contributed by atoms with Crippen LogP contribution in [-0.2, 0) is 23.9 Å². The van der Waals surface area contributed by atoms with Crippen molar-refractivity contribution in [3.05, 3.63) is 47.6 Å². The van der Waals surface area contributed by atoms with Gasteiger partial charge in [0.2, 0.25) is 0 Å². The number of rotatable bonds is 4. The molecular formula is C19H22O6. The van der Waals surface area contributed by atoms with Crippen LogP contribution in [0.25, 0.3) is 0 Å². The predicted octanol–water partition coefficient (Wildman–Crippen LogP) is 1.80. The first kappa shape index (κ1) is 18.9. The first-order valence-electron chi connectivity index (χ1n) is 8.08. The lowest BCUT2D eigenvalue weighted by Crippen LogP contribution is -2.34. The predicted molar refractivity (Wildman–Crippen MR) is 90.4 cm³/mol. The summed E-state index contributed by atoms with van der Waals surface area (Å²) < 4.78 is 10.8. The van der Waals surface area contributed by atoms with E-state index in [2.05, 4.69) is 13.2 Å². The summed E-state index contributed by atoms with van der Waals surface area (Å²) in [4.78, 5) is 35.3. The second-order valence-electron chi connectivity index (χ2n) is 6.28. The zero-order chi connectivity index (χ0) is 18.6. The minimum atomic E-state index is -0.733. The number of hydrogen-bond acceptors (Lipinski definition) is 6. The van der Waals surface area contributed by atoms with E-state index < -0.39 is 36.7 Å².